The zero-order valence-corrected chi connectivity index (χ0v) is 15.5. The predicted molar refractivity (Wildman–Crippen MR) is 105 cm³/mol. The largest absolute Gasteiger partial charge is 0.504 e. The third-order valence-corrected chi connectivity index (χ3v) is 5.90. The third-order valence-electron chi connectivity index (χ3n) is 5.00. The minimum absolute atomic E-state index is 0.122. The predicted octanol–water partition coefficient (Wildman–Crippen LogP) is 4.70. The van der Waals surface area contributed by atoms with Crippen LogP contribution in [0.15, 0.2) is 65.1 Å². The summed E-state index contributed by atoms with van der Waals surface area (Å²) in [5.41, 5.74) is 3.05. The summed E-state index contributed by atoms with van der Waals surface area (Å²) in [5, 5.41) is 18.9. The van der Waals surface area contributed by atoms with Gasteiger partial charge in [-0.2, -0.15) is 5.10 Å². The van der Waals surface area contributed by atoms with Crippen LogP contribution in [0.1, 0.15) is 34.7 Å². The van der Waals surface area contributed by atoms with Gasteiger partial charge in [0.1, 0.15) is 5.75 Å². The fraction of sp³-hybridized carbons (Fsp3) is 0.190. The summed E-state index contributed by atoms with van der Waals surface area (Å²) in [6, 6.07) is 17.8. The lowest BCUT2D eigenvalue weighted by atomic mass is 9.96. The van der Waals surface area contributed by atoms with E-state index in [0.717, 1.165) is 33.9 Å². The van der Waals surface area contributed by atoms with E-state index in [2.05, 4.69) is 22.5 Å². The molecule has 0 unspecified atom stereocenters. The first kappa shape index (κ1) is 16.2. The molecule has 5 rings (SSSR count). The van der Waals surface area contributed by atoms with Crippen LogP contribution in [0.2, 0.25) is 0 Å². The van der Waals surface area contributed by atoms with E-state index in [-0.39, 0.29) is 18.0 Å². The highest BCUT2D eigenvalue weighted by Gasteiger charge is 2.41. The van der Waals surface area contributed by atoms with Gasteiger partial charge in [-0.3, -0.25) is 0 Å². The number of benzene rings is 2. The van der Waals surface area contributed by atoms with Crippen molar-refractivity contribution < 1.29 is 14.6 Å². The molecule has 2 aromatic carbocycles. The van der Waals surface area contributed by atoms with E-state index in [9.17, 15) is 5.11 Å². The molecule has 3 aromatic rings. The summed E-state index contributed by atoms with van der Waals surface area (Å²) in [7, 11) is 1.55. The highest BCUT2D eigenvalue weighted by Crippen LogP contribution is 2.48. The molecule has 2 aliphatic heterocycles. The van der Waals surface area contributed by atoms with Crippen LogP contribution in [-0.4, -0.2) is 22.9 Å². The number of phenols is 1. The molecule has 3 heterocycles. The van der Waals surface area contributed by atoms with Gasteiger partial charge in [0.25, 0.3) is 0 Å². The van der Waals surface area contributed by atoms with Gasteiger partial charge in [0.05, 0.1) is 23.7 Å². The van der Waals surface area contributed by atoms with Crippen molar-refractivity contribution in [2.45, 2.75) is 18.7 Å². The van der Waals surface area contributed by atoms with E-state index in [0.29, 0.717) is 5.75 Å². The maximum atomic E-state index is 9.89. The fourth-order valence-electron chi connectivity index (χ4n) is 3.69. The summed E-state index contributed by atoms with van der Waals surface area (Å²) in [5.74, 6) is 1.49. The van der Waals surface area contributed by atoms with E-state index in [1.165, 1.54) is 0 Å². The van der Waals surface area contributed by atoms with Crippen molar-refractivity contribution in [2.75, 3.05) is 7.11 Å². The van der Waals surface area contributed by atoms with Crippen molar-refractivity contribution in [3.8, 4) is 17.2 Å². The van der Waals surface area contributed by atoms with Gasteiger partial charge in [0, 0.05) is 17.5 Å². The number of hydrogen-bond donors (Lipinski definition) is 1. The second-order valence-electron chi connectivity index (χ2n) is 6.56. The van der Waals surface area contributed by atoms with Crippen molar-refractivity contribution in [3.05, 3.63) is 76.0 Å². The Morgan fingerprint density at radius 2 is 2.07 bits per heavy atom. The lowest BCUT2D eigenvalue weighted by molar-refractivity contribution is -0.0165. The number of nitrogens with zero attached hydrogens (tertiary/aromatic N) is 2. The van der Waals surface area contributed by atoms with Crippen LogP contribution < -0.4 is 9.47 Å². The Morgan fingerprint density at radius 3 is 2.89 bits per heavy atom. The van der Waals surface area contributed by atoms with Gasteiger partial charge in [-0.05, 0) is 35.7 Å². The number of phenolic OH excluding ortho intramolecular Hbond substituents is 1. The molecule has 0 radical (unpaired) electrons. The molecular weight excluding hydrogens is 360 g/mol. The molecule has 2 atom stereocenters. The average Bonchev–Trinajstić information content (AvgIpc) is 3.38. The summed E-state index contributed by atoms with van der Waals surface area (Å²) in [4.78, 5) is 1.13. The minimum atomic E-state index is -0.235. The summed E-state index contributed by atoms with van der Waals surface area (Å²) < 4.78 is 11.6. The molecule has 0 bridgehead atoms. The normalized spacial score (nSPS) is 20.5. The number of ether oxygens (including phenoxy) is 2. The van der Waals surface area contributed by atoms with Crippen LogP contribution in [0.4, 0.5) is 0 Å². The zero-order chi connectivity index (χ0) is 18.4. The van der Waals surface area contributed by atoms with Gasteiger partial charge >= 0.3 is 0 Å². The lowest BCUT2D eigenvalue weighted by Crippen LogP contribution is -2.33. The number of thiophene rings is 1. The molecule has 0 amide bonds. The second-order valence-corrected chi connectivity index (χ2v) is 7.54. The van der Waals surface area contributed by atoms with E-state index in [4.69, 9.17) is 14.6 Å². The minimum Gasteiger partial charge on any atom is -0.504 e. The van der Waals surface area contributed by atoms with Gasteiger partial charge in [0.15, 0.2) is 11.5 Å². The number of aromatic hydroxyl groups is 1. The Labute approximate surface area is 161 Å². The first-order valence-corrected chi connectivity index (χ1v) is 9.65. The molecular formula is C21H18N2O3S. The maximum absolute atomic E-state index is 9.89. The molecule has 0 spiro atoms. The van der Waals surface area contributed by atoms with E-state index < -0.39 is 0 Å². The molecule has 0 saturated carbocycles. The van der Waals surface area contributed by atoms with Gasteiger partial charge in [-0.15, -0.1) is 11.3 Å². The van der Waals surface area contributed by atoms with Crippen LogP contribution >= 0.6 is 11.3 Å². The van der Waals surface area contributed by atoms with Crippen LogP contribution in [0.5, 0.6) is 17.2 Å². The first-order chi connectivity index (χ1) is 13.2. The number of methoxy groups -OCH3 is 1. The Balaban J connectivity index is 1.58. The quantitative estimate of drug-likeness (QED) is 0.717. The standard InChI is InChI=1S/C21H18N2O3S/c1-25-19-11-13(8-9-17(19)24)15-12-16-14-5-2-3-6-18(14)26-21(23(16)22-15)20-7-4-10-27-20/h2-11,16,21,24H,12H2,1H3/t16-,21+/m1/s1. The van der Waals surface area contributed by atoms with Gasteiger partial charge in [0.2, 0.25) is 6.23 Å². The molecule has 5 nitrogen and oxygen atoms in total. The van der Waals surface area contributed by atoms with Crippen LogP contribution in [0.3, 0.4) is 0 Å². The average molecular weight is 378 g/mol. The molecule has 136 valence electrons. The lowest BCUT2D eigenvalue weighted by Gasteiger charge is -2.37. The first-order valence-electron chi connectivity index (χ1n) is 8.77. The van der Waals surface area contributed by atoms with Crippen molar-refractivity contribution in [1.82, 2.24) is 5.01 Å². The van der Waals surface area contributed by atoms with Crippen molar-refractivity contribution in [1.29, 1.82) is 0 Å². The maximum Gasteiger partial charge on any atom is 0.222 e. The van der Waals surface area contributed by atoms with Gasteiger partial charge in [-0.25, -0.2) is 5.01 Å². The van der Waals surface area contributed by atoms with Crippen LogP contribution in [0.25, 0.3) is 0 Å². The van der Waals surface area contributed by atoms with Crippen LogP contribution in [-0.2, 0) is 0 Å². The van der Waals surface area contributed by atoms with Gasteiger partial charge in [-0.1, -0.05) is 24.3 Å². The number of hydrazone groups is 1. The Bertz CT molecular complexity index is 1020. The Kier molecular flexibility index (Phi) is 3.79. The molecule has 1 N–H and O–H groups in total. The second kappa shape index (κ2) is 6.32. The fourth-order valence-corrected chi connectivity index (χ4v) is 4.43. The highest BCUT2D eigenvalue weighted by atomic mass is 32.1. The molecule has 0 fully saturated rings. The Hall–Kier alpha value is -2.99. The van der Waals surface area contributed by atoms with Crippen molar-refractivity contribution >= 4 is 17.0 Å². The highest BCUT2D eigenvalue weighted by molar-refractivity contribution is 7.10. The summed E-state index contributed by atoms with van der Waals surface area (Å²) >= 11 is 1.67. The van der Waals surface area contributed by atoms with Crippen molar-refractivity contribution in [2.24, 2.45) is 5.10 Å². The summed E-state index contributed by atoms with van der Waals surface area (Å²) in [6.45, 7) is 0. The SMILES string of the molecule is COc1cc(C2=NN3[C@H](C2)c2ccccc2O[C@H]3c2cccs2)ccc1O. The molecule has 2 aliphatic rings. The topological polar surface area (TPSA) is 54.3 Å². The van der Waals surface area contributed by atoms with E-state index in [1.54, 1.807) is 24.5 Å². The van der Waals surface area contributed by atoms with Gasteiger partial charge < -0.3 is 14.6 Å². The molecule has 0 saturated heterocycles. The monoisotopic (exact) mass is 378 g/mol. The third kappa shape index (κ3) is 2.64. The number of hydrogen-bond acceptors (Lipinski definition) is 6. The van der Waals surface area contributed by atoms with Crippen molar-refractivity contribution in [3.63, 3.8) is 0 Å². The van der Waals surface area contributed by atoms with E-state index in [1.807, 2.05) is 36.4 Å². The number of para-hydroxylation sites is 1. The number of rotatable bonds is 3. The molecule has 27 heavy (non-hydrogen) atoms. The molecule has 6 heteroatoms. The van der Waals surface area contributed by atoms with E-state index >= 15 is 0 Å². The summed E-state index contributed by atoms with van der Waals surface area (Å²) in [6.07, 6.45) is 0.539. The number of fused-ring (bicyclic) bond motifs is 3. The molecule has 0 aliphatic carbocycles. The smallest absolute Gasteiger partial charge is 0.222 e. The Morgan fingerprint density at radius 1 is 1.19 bits per heavy atom. The zero-order valence-electron chi connectivity index (χ0n) is 14.7. The van der Waals surface area contributed by atoms with Crippen LogP contribution in [0, 0.1) is 0 Å². The molecule has 1 aromatic heterocycles.